The van der Waals surface area contributed by atoms with Crippen LogP contribution in [0.3, 0.4) is 0 Å². The van der Waals surface area contributed by atoms with Crippen molar-refractivity contribution in [3.8, 4) is 5.69 Å². The summed E-state index contributed by atoms with van der Waals surface area (Å²) in [5, 5.41) is 12.7. The van der Waals surface area contributed by atoms with E-state index < -0.39 is 0 Å². The summed E-state index contributed by atoms with van der Waals surface area (Å²) in [5.74, 6) is 1.84. The number of halogens is 1. The van der Waals surface area contributed by atoms with Crippen LogP contribution in [0.5, 0.6) is 0 Å². The first-order valence-electron chi connectivity index (χ1n) is 10.7. The van der Waals surface area contributed by atoms with Gasteiger partial charge in [-0.1, -0.05) is 30.0 Å². The lowest BCUT2D eigenvalue weighted by Crippen LogP contribution is -2.20. The van der Waals surface area contributed by atoms with Gasteiger partial charge in [-0.05, 0) is 63.8 Å². The Morgan fingerprint density at radius 2 is 1.79 bits per heavy atom. The lowest BCUT2D eigenvalue weighted by Gasteiger charge is -2.20. The average molecular weight is 480 g/mol. The molecule has 0 spiro atoms. The zero-order chi connectivity index (χ0) is 24.2. The van der Waals surface area contributed by atoms with Crippen LogP contribution in [0, 0.1) is 12.7 Å². The summed E-state index contributed by atoms with van der Waals surface area (Å²) in [6, 6.07) is 14.1. The molecule has 2 heterocycles. The standard InChI is InChI=1S/C23H26FN9S/c1-14-7-5-6-8-18(14)26-22-28-19(27-21(25)29-22)13-34-23-31-30-20(15(2)32(3)4)33(23)17-11-9-16(24)10-12-17/h5-12,15H,13H2,1-4H3,(H3,25,26,27,28,29)/t15-/m0/s1. The van der Waals surface area contributed by atoms with Gasteiger partial charge in [-0.2, -0.15) is 15.0 Å². The molecule has 4 aromatic rings. The van der Waals surface area contributed by atoms with Crippen LogP contribution in [0.1, 0.15) is 30.2 Å². The van der Waals surface area contributed by atoms with Gasteiger partial charge in [0.15, 0.2) is 11.0 Å². The van der Waals surface area contributed by atoms with Crippen molar-refractivity contribution in [2.45, 2.75) is 30.8 Å². The smallest absolute Gasteiger partial charge is 0.232 e. The van der Waals surface area contributed by atoms with Crippen LogP contribution >= 0.6 is 11.8 Å². The van der Waals surface area contributed by atoms with Gasteiger partial charge >= 0.3 is 0 Å². The number of aryl methyl sites for hydroxylation is 1. The molecule has 0 aliphatic carbocycles. The number of aromatic nitrogens is 6. The quantitative estimate of drug-likeness (QED) is 0.360. The molecule has 9 nitrogen and oxygen atoms in total. The van der Waals surface area contributed by atoms with E-state index in [1.54, 1.807) is 12.1 Å². The molecule has 0 fully saturated rings. The Morgan fingerprint density at radius 3 is 2.50 bits per heavy atom. The number of hydrogen-bond donors (Lipinski definition) is 2. The Balaban J connectivity index is 1.61. The molecule has 2 aromatic carbocycles. The number of nitrogens with zero attached hydrogens (tertiary/aromatic N) is 7. The number of anilines is 3. The molecular weight excluding hydrogens is 453 g/mol. The lowest BCUT2D eigenvalue weighted by atomic mass is 10.2. The van der Waals surface area contributed by atoms with E-state index in [2.05, 4.69) is 30.5 Å². The number of rotatable bonds is 8. The molecule has 0 saturated carbocycles. The van der Waals surface area contributed by atoms with E-state index in [0.29, 0.717) is 22.7 Å². The van der Waals surface area contributed by atoms with Crippen LogP contribution < -0.4 is 11.1 Å². The van der Waals surface area contributed by atoms with E-state index in [9.17, 15) is 4.39 Å². The fourth-order valence-electron chi connectivity index (χ4n) is 3.23. The van der Waals surface area contributed by atoms with Crippen molar-refractivity contribution in [1.29, 1.82) is 0 Å². The van der Waals surface area contributed by atoms with Gasteiger partial charge in [-0.15, -0.1) is 10.2 Å². The first-order valence-corrected chi connectivity index (χ1v) is 11.6. The van der Waals surface area contributed by atoms with E-state index >= 15 is 0 Å². The predicted octanol–water partition coefficient (Wildman–Crippen LogP) is 4.14. The molecule has 0 amide bonds. The Kier molecular flexibility index (Phi) is 7.03. The number of nitrogens with two attached hydrogens (primary N) is 1. The molecule has 0 saturated heterocycles. The second kappa shape index (κ2) is 10.1. The van der Waals surface area contributed by atoms with Gasteiger partial charge in [0.2, 0.25) is 11.9 Å². The van der Waals surface area contributed by atoms with Gasteiger partial charge in [0.25, 0.3) is 0 Å². The molecule has 2 aromatic heterocycles. The Morgan fingerprint density at radius 1 is 1.06 bits per heavy atom. The average Bonchev–Trinajstić information content (AvgIpc) is 3.22. The summed E-state index contributed by atoms with van der Waals surface area (Å²) in [7, 11) is 3.94. The monoisotopic (exact) mass is 479 g/mol. The summed E-state index contributed by atoms with van der Waals surface area (Å²) in [6.07, 6.45) is 0. The fourth-order valence-corrected chi connectivity index (χ4v) is 4.04. The van der Waals surface area contributed by atoms with Gasteiger partial charge in [0.05, 0.1) is 11.8 Å². The molecular formula is C23H26FN9S. The summed E-state index contributed by atoms with van der Waals surface area (Å²) in [4.78, 5) is 15.0. The van der Waals surface area contributed by atoms with Crippen molar-refractivity contribution in [3.63, 3.8) is 0 Å². The van der Waals surface area contributed by atoms with E-state index in [-0.39, 0.29) is 17.8 Å². The largest absolute Gasteiger partial charge is 0.368 e. The third-order valence-electron chi connectivity index (χ3n) is 5.31. The summed E-state index contributed by atoms with van der Waals surface area (Å²) < 4.78 is 15.5. The Labute approximate surface area is 201 Å². The second-order valence-electron chi connectivity index (χ2n) is 7.95. The first kappa shape index (κ1) is 23.6. The molecule has 3 N–H and O–H groups in total. The number of nitrogens with one attached hydrogen (secondary N) is 1. The van der Waals surface area contributed by atoms with E-state index in [1.165, 1.54) is 23.9 Å². The minimum atomic E-state index is -0.303. The molecule has 1 atom stereocenters. The molecule has 0 aliphatic heterocycles. The van der Waals surface area contributed by atoms with Crippen molar-refractivity contribution >= 4 is 29.3 Å². The zero-order valence-electron chi connectivity index (χ0n) is 19.4. The number of benzene rings is 2. The maximum absolute atomic E-state index is 13.5. The van der Waals surface area contributed by atoms with Gasteiger partial charge in [0.1, 0.15) is 11.6 Å². The van der Waals surface area contributed by atoms with Crippen molar-refractivity contribution in [1.82, 2.24) is 34.6 Å². The van der Waals surface area contributed by atoms with Crippen LogP contribution in [0.15, 0.2) is 53.7 Å². The fraction of sp³-hybridized carbons (Fsp3) is 0.261. The van der Waals surface area contributed by atoms with E-state index in [0.717, 1.165) is 22.8 Å². The van der Waals surface area contributed by atoms with Crippen molar-refractivity contribution < 1.29 is 4.39 Å². The highest BCUT2D eigenvalue weighted by molar-refractivity contribution is 7.98. The maximum Gasteiger partial charge on any atom is 0.232 e. The number of nitrogen functional groups attached to an aromatic ring is 1. The molecule has 176 valence electrons. The van der Waals surface area contributed by atoms with Crippen LogP contribution in [0.4, 0.5) is 22.0 Å². The molecule has 11 heteroatoms. The topological polar surface area (TPSA) is 111 Å². The zero-order valence-corrected chi connectivity index (χ0v) is 20.2. The predicted molar refractivity (Wildman–Crippen MR) is 132 cm³/mol. The third-order valence-corrected chi connectivity index (χ3v) is 6.24. The number of thioether (sulfide) groups is 1. The van der Waals surface area contributed by atoms with Gasteiger partial charge in [0, 0.05) is 11.4 Å². The van der Waals surface area contributed by atoms with Crippen molar-refractivity contribution in [2.24, 2.45) is 0 Å². The van der Waals surface area contributed by atoms with Gasteiger partial charge < -0.3 is 11.1 Å². The highest BCUT2D eigenvalue weighted by atomic mass is 32.2. The van der Waals surface area contributed by atoms with Crippen LogP contribution in [-0.4, -0.2) is 48.7 Å². The van der Waals surface area contributed by atoms with Gasteiger partial charge in [-0.25, -0.2) is 4.39 Å². The summed E-state index contributed by atoms with van der Waals surface area (Å²) >= 11 is 1.42. The molecule has 0 aliphatic rings. The minimum absolute atomic E-state index is 0.00959. The molecule has 34 heavy (non-hydrogen) atoms. The maximum atomic E-state index is 13.5. The first-order chi connectivity index (χ1) is 16.3. The third kappa shape index (κ3) is 5.32. The van der Waals surface area contributed by atoms with E-state index in [1.807, 2.05) is 61.7 Å². The van der Waals surface area contributed by atoms with Crippen molar-refractivity contribution in [3.05, 3.63) is 71.6 Å². The SMILES string of the molecule is Cc1ccccc1Nc1nc(N)nc(CSc2nnc([C@H](C)N(C)C)n2-c2ccc(F)cc2)n1. The highest BCUT2D eigenvalue weighted by Crippen LogP contribution is 2.29. The molecule has 0 unspecified atom stereocenters. The van der Waals surface area contributed by atoms with Crippen molar-refractivity contribution in [2.75, 3.05) is 25.1 Å². The number of para-hydroxylation sites is 1. The molecule has 4 rings (SSSR count). The highest BCUT2D eigenvalue weighted by Gasteiger charge is 2.21. The van der Waals surface area contributed by atoms with Gasteiger partial charge in [-0.3, -0.25) is 9.47 Å². The second-order valence-corrected chi connectivity index (χ2v) is 8.90. The minimum Gasteiger partial charge on any atom is -0.368 e. The summed E-state index contributed by atoms with van der Waals surface area (Å²) in [6.45, 7) is 4.03. The Bertz CT molecular complexity index is 1270. The molecule has 0 radical (unpaired) electrons. The van der Waals surface area contributed by atoms with Crippen LogP contribution in [0.25, 0.3) is 5.69 Å². The van der Waals surface area contributed by atoms with E-state index in [4.69, 9.17) is 5.73 Å². The van der Waals surface area contributed by atoms with Crippen LogP contribution in [0.2, 0.25) is 0 Å². The Hall–Kier alpha value is -3.57. The molecule has 0 bridgehead atoms. The summed E-state index contributed by atoms with van der Waals surface area (Å²) in [5.41, 5.74) is 8.68. The number of hydrogen-bond acceptors (Lipinski definition) is 9. The lowest BCUT2D eigenvalue weighted by molar-refractivity contribution is 0.305. The van der Waals surface area contributed by atoms with Crippen LogP contribution in [-0.2, 0) is 5.75 Å². The normalized spacial score (nSPS) is 12.2.